The Morgan fingerprint density at radius 2 is 0.964 bits per heavy atom. The van der Waals surface area contributed by atoms with Crippen LogP contribution in [0.2, 0.25) is 0 Å². The molecule has 0 rings (SSSR count). The van der Waals surface area contributed by atoms with Crippen molar-refractivity contribution >= 4 is 25.7 Å². The molecular weight excluding hydrogens is 733 g/mol. The molecule has 0 saturated heterocycles. The Balaban J connectivity index is 4.56. The summed E-state index contributed by atoms with van der Waals surface area (Å²) in [5.74, 6) is -2.49. The molecule has 316 valence electrons. The Labute approximate surface area is 336 Å². The van der Waals surface area contributed by atoms with E-state index in [-0.39, 0.29) is 19.4 Å². The number of aliphatic carboxylic acids is 1. The first-order valence-electron chi connectivity index (χ1n) is 20.3. The number of carbonyl (C=O) groups is 3. The van der Waals surface area contributed by atoms with Gasteiger partial charge in [0.15, 0.2) is 6.10 Å². The van der Waals surface area contributed by atoms with Gasteiger partial charge in [-0.1, -0.05) is 130 Å². The maximum atomic E-state index is 12.6. The van der Waals surface area contributed by atoms with E-state index in [1.165, 1.54) is 0 Å². The van der Waals surface area contributed by atoms with Crippen molar-refractivity contribution in [1.29, 1.82) is 0 Å². The number of hydrogen-bond acceptors (Lipinski definition) is 9. The van der Waals surface area contributed by atoms with Crippen LogP contribution in [0.15, 0.2) is 97.2 Å². The smallest absolute Gasteiger partial charge is 0.472 e. The highest BCUT2D eigenvalue weighted by molar-refractivity contribution is 7.47. The van der Waals surface area contributed by atoms with E-state index < -0.39 is 51.1 Å². The summed E-state index contributed by atoms with van der Waals surface area (Å²) >= 11 is 0. The summed E-state index contributed by atoms with van der Waals surface area (Å²) in [5.41, 5.74) is 5.32. The zero-order valence-corrected chi connectivity index (χ0v) is 34.8. The second-order valence-electron chi connectivity index (χ2n) is 13.0. The molecule has 4 N–H and O–H groups in total. The maximum absolute atomic E-state index is 12.6. The zero-order chi connectivity index (χ0) is 41.4. The number of allylic oxidation sites excluding steroid dienone is 16. The lowest BCUT2D eigenvalue weighted by molar-refractivity contribution is -0.161. The van der Waals surface area contributed by atoms with Gasteiger partial charge in [-0.15, -0.1) is 0 Å². The van der Waals surface area contributed by atoms with Gasteiger partial charge in [-0.2, -0.15) is 0 Å². The van der Waals surface area contributed by atoms with Crippen molar-refractivity contribution in [1.82, 2.24) is 0 Å². The van der Waals surface area contributed by atoms with Crippen LogP contribution in [0, 0.1) is 0 Å². The van der Waals surface area contributed by atoms with Crippen molar-refractivity contribution < 1.29 is 47.5 Å². The first-order valence-corrected chi connectivity index (χ1v) is 21.8. The van der Waals surface area contributed by atoms with Crippen molar-refractivity contribution in [2.45, 2.75) is 142 Å². The predicted molar refractivity (Wildman–Crippen MR) is 226 cm³/mol. The fourth-order valence-electron chi connectivity index (χ4n) is 4.70. The first kappa shape index (κ1) is 52.4. The summed E-state index contributed by atoms with van der Waals surface area (Å²) < 4.78 is 32.6. The minimum absolute atomic E-state index is 0.0727. The van der Waals surface area contributed by atoms with Gasteiger partial charge in [-0.25, -0.2) is 4.57 Å². The van der Waals surface area contributed by atoms with Gasteiger partial charge in [0, 0.05) is 12.8 Å². The number of phosphoric acid groups is 1. The van der Waals surface area contributed by atoms with E-state index >= 15 is 0 Å². The van der Waals surface area contributed by atoms with Crippen molar-refractivity contribution in [2.24, 2.45) is 5.73 Å². The average Bonchev–Trinajstić information content (AvgIpc) is 3.17. The maximum Gasteiger partial charge on any atom is 0.472 e. The SMILES string of the molecule is CC/C=C\C/C=C\C/C=C\C/C=C\C/C=C\CCCC(=O)OC(COC(=O)CCCCCCC/C=C\C/C=C\C/C=C\CC)COP(=O)(O)OCC(N)C(=O)O. The Morgan fingerprint density at radius 3 is 1.46 bits per heavy atom. The quantitative estimate of drug-likeness (QED) is 0.0238. The van der Waals surface area contributed by atoms with Gasteiger partial charge in [0.1, 0.15) is 12.6 Å². The van der Waals surface area contributed by atoms with Gasteiger partial charge in [0.2, 0.25) is 0 Å². The molecule has 0 aromatic rings. The second-order valence-corrected chi connectivity index (χ2v) is 14.5. The summed E-state index contributed by atoms with van der Waals surface area (Å²) in [4.78, 5) is 45.9. The molecule has 0 saturated carbocycles. The number of carboxylic acids is 1. The third-order valence-corrected chi connectivity index (χ3v) is 8.78. The van der Waals surface area contributed by atoms with Crippen LogP contribution < -0.4 is 5.73 Å². The summed E-state index contributed by atoms with van der Waals surface area (Å²) in [6.07, 6.45) is 47.7. The molecule has 12 heteroatoms. The minimum Gasteiger partial charge on any atom is -0.480 e. The fraction of sp³-hybridized carbons (Fsp3) is 0.568. The molecule has 0 fully saturated rings. The van der Waals surface area contributed by atoms with Gasteiger partial charge < -0.3 is 25.2 Å². The van der Waals surface area contributed by atoms with Crippen LogP contribution in [0.4, 0.5) is 0 Å². The molecule has 0 aliphatic carbocycles. The van der Waals surface area contributed by atoms with Gasteiger partial charge in [0.25, 0.3) is 0 Å². The third kappa shape index (κ3) is 37.3. The van der Waals surface area contributed by atoms with E-state index in [0.717, 1.165) is 83.5 Å². The van der Waals surface area contributed by atoms with Crippen molar-refractivity contribution in [3.63, 3.8) is 0 Å². The summed E-state index contributed by atoms with van der Waals surface area (Å²) in [6.45, 7) is 2.47. The normalized spacial score (nSPS) is 14.8. The molecule has 0 heterocycles. The number of hydrogen-bond donors (Lipinski definition) is 3. The van der Waals surface area contributed by atoms with Gasteiger partial charge in [-0.05, 0) is 83.5 Å². The molecule has 0 aromatic carbocycles. The monoisotopic (exact) mass is 803 g/mol. The van der Waals surface area contributed by atoms with Crippen molar-refractivity contribution in [2.75, 3.05) is 19.8 Å². The predicted octanol–water partition coefficient (Wildman–Crippen LogP) is 10.5. The molecular formula is C44H70NO10P. The fourth-order valence-corrected chi connectivity index (χ4v) is 5.48. The van der Waals surface area contributed by atoms with Gasteiger partial charge in [0.05, 0.1) is 13.2 Å². The summed E-state index contributed by atoms with van der Waals surface area (Å²) in [7, 11) is -4.74. The van der Waals surface area contributed by atoms with Crippen molar-refractivity contribution in [3.8, 4) is 0 Å². The molecule has 0 bridgehead atoms. The van der Waals surface area contributed by atoms with E-state index in [4.69, 9.17) is 24.8 Å². The van der Waals surface area contributed by atoms with E-state index in [1.807, 2.05) is 12.2 Å². The molecule has 11 nitrogen and oxygen atoms in total. The topological polar surface area (TPSA) is 172 Å². The Hall–Kier alpha value is -3.60. The third-order valence-electron chi connectivity index (χ3n) is 7.83. The molecule has 0 amide bonds. The summed E-state index contributed by atoms with van der Waals surface area (Å²) in [5, 5.41) is 8.88. The molecule has 56 heavy (non-hydrogen) atoms. The zero-order valence-electron chi connectivity index (χ0n) is 33.9. The molecule has 3 atom stereocenters. The number of esters is 2. The Bertz CT molecular complexity index is 1310. The first-order chi connectivity index (χ1) is 27.1. The lowest BCUT2D eigenvalue weighted by atomic mass is 10.1. The van der Waals surface area contributed by atoms with Gasteiger partial charge in [-0.3, -0.25) is 23.4 Å². The molecule has 0 aliphatic rings. The Morgan fingerprint density at radius 1 is 0.554 bits per heavy atom. The highest BCUT2D eigenvalue weighted by Gasteiger charge is 2.28. The summed E-state index contributed by atoms with van der Waals surface area (Å²) in [6, 6.07) is -1.54. The standard InChI is InChI=1S/C44H70NO10P/c1-3-5-7-9-11-13-15-17-19-20-22-24-26-28-30-32-34-36-43(47)55-40(38-53-56(50,51)54-39-41(45)44(48)49)37-52-42(46)35-33-31-29-27-25-23-21-18-16-14-12-10-8-6-4-2/h5-8,11-14,17-19,21-22,24,28,30,40-41H,3-4,9-10,15-16,20,23,25-27,29,31-39,45H2,1-2H3,(H,48,49)(H,50,51)/b7-5-,8-6-,13-11-,14-12-,19-17-,21-18-,24-22-,30-28-. The largest absolute Gasteiger partial charge is 0.480 e. The average molecular weight is 804 g/mol. The van der Waals surface area contributed by atoms with Crippen LogP contribution in [-0.4, -0.2) is 59.9 Å². The molecule has 0 radical (unpaired) electrons. The highest BCUT2D eigenvalue weighted by Crippen LogP contribution is 2.43. The number of carbonyl (C=O) groups excluding carboxylic acids is 2. The number of unbranched alkanes of at least 4 members (excludes halogenated alkanes) is 6. The van der Waals surface area contributed by atoms with Crippen LogP contribution in [0.1, 0.15) is 129 Å². The van der Waals surface area contributed by atoms with E-state index in [2.05, 4.69) is 103 Å². The van der Waals surface area contributed by atoms with E-state index in [0.29, 0.717) is 19.3 Å². The lowest BCUT2D eigenvalue weighted by Gasteiger charge is -2.20. The minimum atomic E-state index is -4.74. The van der Waals surface area contributed by atoms with Crippen LogP contribution in [0.3, 0.4) is 0 Å². The molecule has 0 aliphatic heterocycles. The number of phosphoric ester groups is 1. The molecule has 0 aromatic heterocycles. The van der Waals surface area contributed by atoms with E-state index in [9.17, 15) is 23.8 Å². The lowest BCUT2D eigenvalue weighted by Crippen LogP contribution is -2.34. The number of nitrogens with two attached hydrogens (primary N) is 1. The number of carboxylic acid groups (broad SMARTS) is 1. The van der Waals surface area contributed by atoms with Crippen LogP contribution in [0.25, 0.3) is 0 Å². The number of rotatable bonds is 36. The van der Waals surface area contributed by atoms with Crippen molar-refractivity contribution in [3.05, 3.63) is 97.2 Å². The van der Waals surface area contributed by atoms with Crippen LogP contribution >= 0.6 is 7.82 Å². The number of ether oxygens (including phenoxy) is 2. The van der Waals surface area contributed by atoms with E-state index in [1.54, 1.807) is 0 Å². The van der Waals surface area contributed by atoms with Crippen LogP contribution in [-0.2, 0) is 37.5 Å². The molecule has 0 spiro atoms. The Kier molecular flexibility index (Phi) is 35.8. The second kappa shape index (κ2) is 38.3. The van der Waals surface area contributed by atoms with Crippen LogP contribution in [0.5, 0.6) is 0 Å². The van der Waals surface area contributed by atoms with Gasteiger partial charge >= 0.3 is 25.7 Å². The molecule has 3 unspecified atom stereocenters. The highest BCUT2D eigenvalue weighted by atomic mass is 31.2.